The first kappa shape index (κ1) is 21.9. The first-order valence-electron chi connectivity index (χ1n) is 9.27. The molecular formula is C22H19ClF3NO3. The number of rotatable bonds is 4. The van der Waals surface area contributed by atoms with Gasteiger partial charge in [0.1, 0.15) is 0 Å². The summed E-state index contributed by atoms with van der Waals surface area (Å²) >= 11 is 5.94. The number of halogens is 4. The molecule has 8 heteroatoms. The zero-order valence-electron chi connectivity index (χ0n) is 16.3. The van der Waals surface area contributed by atoms with E-state index in [0.717, 1.165) is 17.0 Å². The number of hydrogen-bond donors (Lipinski definition) is 0. The summed E-state index contributed by atoms with van der Waals surface area (Å²) < 4.78 is 44.6. The molecule has 30 heavy (non-hydrogen) atoms. The molecule has 1 heterocycles. The van der Waals surface area contributed by atoms with Gasteiger partial charge >= 0.3 is 12.1 Å². The van der Waals surface area contributed by atoms with Gasteiger partial charge in [0.25, 0.3) is 0 Å². The molecule has 4 nitrogen and oxygen atoms in total. The third kappa shape index (κ3) is 4.36. The SMILES string of the molecule is CCOC(=O)C1=C(C)N(c2cccc(C(F)(F)F)c2)C(=O)CC1c1ccc(Cl)cc1. The number of ether oxygens (including phenoxy) is 1. The highest BCUT2D eigenvalue weighted by Crippen LogP contribution is 2.40. The molecule has 0 saturated heterocycles. The molecular weight excluding hydrogens is 419 g/mol. The van der Waals surface area contributed by atoms with Crippen LogP contribution >= 0.6 is 11.6 Å². The van der Waals surface area contributed by atoms with Crippen LogP contribution < -0.4 is 4.90 Å². The Kier molecular flexibility index (Phi) is 6.22. The molecule has 1 atom stereocenters. The molecule has 0 fully saturated rings. The van der Waals surface area contributed by atoms with Crippen LogP contribution in [0.3, 0.4) is 0 Å². The number of hydrogen-bond acceptors (Lipinski definition) is 3. The Bertz CT molecular complexity index is 999. The second kappa shape index (κ2) is 8.52. The Morgan fingerprint density at radius 2 is 1.87 bits per heavy atom. The number of amides is 1. The molecule has 0 aliphatic carbocycles. The number of alkyl halides is 3. The Hall–Kier alpha value is -2.80. The van der Waals surface area contributed by atoms with Crippen molar-refractivity contribution in [3.05, 3.63) is 76.0 Å². The smallest absolute Gasteiger partial charge is 0.416 e. The summed E-state index contributed by atoms with van der Waals surface area (Å²) in [5.41, 5.74) is 0.334. The molecule has 2 aromatic rings. The molecule has 1 aliphatic rings. The molecule has 1 amide bonds. The lowest BCUT2D eigenvalue weighted by atomic mass is 9.83. The minimum atomic E-state index is -4.55. The van der Waals surface area contributed by atoms with E-state index in [4.69, 9.17) is 16.3 Å². The summed E-state index contributed by atoms with van der Waals surface area (Å²) in [5, 5.41) is 0.505. The van der Waals surface area contributed by atoms with Crippen molar-refractivity contribution in [2.75, 3.05) is 11.5 Å². The molecule has 0 bridgehead atoms. The van der Waals surface area contributed by atoms with Gasteiger partial charge in [0, 0.05) is 28.7 Å². The third-order valence-corrected chi connectivity index (χ3v) is 5.15. The van der Waals surface area contributed by atoms with Crippen molar-refractivity contribution in [1.82, 2.24) is 0 Å². The van der Waals surface area contributed by atoms with Crippen molar-refractivity contribution in [2.24, 2.45) is 0 Å². The van der Waals surface area contributed by atoms with E-state index in [1.807, 2.05) is 0 Å². The average Bonchev–Trinajstić information content (AvgIpc) is 2.68. The monoisotopic (exact) mass is 437 g/mol. The summed E-state index contributed by atoms with van der Waals surface area (Å²) in [6, 6.07) is 11.2. The van der Waals surface area contributed by atoms with E-state index in [0.29, 0.717) is 10.6 Å². The van der Waals surface area contributed by atoms with Crippen LogP contribution in [0.4, 0.5) is 18.9 Å². The molecule has 0 N–H and O–H groups in total. The highest BCUT2D eigenvalue weighted by Gasteiger charge is 2.38. The topological polar surface area (TPSA) is 46.6 Å². The molecule has 158 valence electrons. The van der Waals surface area contributed by atoms with Crippen LogP contribution in [0.15, 0.2) is 59.8 Å². The van der Waals surface area contributed by atoms with Gasteiger partial charge in [0.05, 0.1) is 17.7 Å². The molecule has 0 spiro atoms. The van der Waals surface area contributed by atoms with Crippen LogP contribution in [0.1, 0.15) is 37.3 Å². The Morgan fingerprint density at radius 1 is 1.20 bits per heavy atom. The molecule has 2 aromatic carbocycles. The third-order valence-electron chi connectivity index (χ3n) is 4.90. The van der Waals surface area contributed by atoms with Crippen molar-refractivity contribution in [1.29, 1.82) is 0 Å². The molecule has 0 aromatic heterocycles. The van der Waals surface area contributed by atoms with E-state index in [1.54, 1.807) is 31.2 Å². The average molecular weight is 438 g/mol. The minimum Gasteiger partial charge on any atom is -0.463 e. The fraction of sp³-hybridized carbons (Fsp3) is 0.273. The Morgan fingerprint density at radius 3 is 2.47 bits per heavy atom. The molecule has 1 unspecified atom stereocenters. The van der Waals surface area contributed by atoms with Gasteiger partial charge in [0.2, 0.25) is 5.91 Å². The van der Waals surface area contributed by atoms with Crippen molar-refractivity contribution in [3.8, 4) is 0 Å². The number of nitrogens with zero attached hydrogens (tertiary/aromatic N) is 1. The van der Waals surface area contributed by atoms with E-state index in [-0.39, 0.29) is 30.0 Å². The zero-order valence-corrected chi connectivity index (χ0v) is 17.1. The quantitative estimate of drug-likeness (QED) is 0.575. The van der Waals surface area contributed by atoms with Gasteiger partial charge in [-0.25, -0.2) is 4.79 Å². The van der Waals surface area contributed by atoms with Gasteiger partial charge in [-0.2, -0.15) is 13.2 Å². The van der Waals surface area contributed by atoms with Crippen LogP contribution in [0.2, 0.25) is 5.02 Å². The summed E-state index contributed by atoms with van der Waals surface area (Å²) in [5.74, 6) is -1.62. The van der Waals surface area contributed by atoms with Gasteiger partial charge < -0.3 is 4.74 Å². The van der Waals surface area contributed by atoms with Gasteiger partial charge in [-0.3, -0.25) is 9.69 Å². The summed E-state index contributed by atoms with van der Waals surface area (Å²) in [4.78, 5) is 26.9. The number of carbonyl (C=O) groups excluding carboxylic acids is 2. The summed E-state index contributed by atoms with van der Waals surface area (Å²) in [6.45, 7) is 3.32. The van der Waals surface area contributed by atoms with Gasteiger partial charge in [-0.15, -0.1) is 0 Å². The largest absolute Gasteiger partial charge is 0.463 e. The lowest BCUT2D eigenvalue weighted by Crippen LogP contribution is -2.38. The standard InChI is InChI=1S/C22H19ClF3NO3/c1-3-30-21(29)20-13(2)27(17-6-4-5-15(11-17)22(24,25)26)19(28)12-18(20)14-7-9-16(23)10-8-14/h4-11,18H,3,12H2,1-2H3. The number of anilines is 1. The molecule has 1 aliphatic heterocycles. The van der Waals surface area contributed by atoms with E-state index >= 15 is 0 Å². The molecule has 0 radical (unpaired) electrons. The predicted octanol–water partition coefficient (Wildman–Crippen LogP) is 5.72. The van der Waals surface area contributed by atoms with Crippen LogP contribution in [0.5, 0.6) is 0 Å². The van der Waals surface area contributed by atoms with E-state index in [1.165, 1.54) is 19.1 Å². The number of allylic oxidation sites excluding steroid dienone is 1. The number of carbonyl (C=O) groups is 2. The van der Waals surface area contributed by atoms with Crippen LogP contribution in [-0.2, 0) is 20.5 Å². The Balaban J connectivity index is 2.13. The summed E-state index contributed by atoms with van der Waals surface area (Å²) in [6.07, 6.45) is -4.65. The van der Waals surface area contributed by atoms with E-state index < -0.39 is 29.5 Å². The van der Waals surface area contributed by atoms with Crippen molar-refractivity contribution in [3.63, 3.8) is 0 Å². The van der Waals surface area contributed by atoms with Crippen LogP contribution in [-0.4, -0.2) is 18.5 Å². The number of benzene rings is 2. The lowest BCUT2D eigenvalue weighted by molar-refractivity contribution is -0.139. The minimum absolute atomic E-state index is 0.0451. The first-order valence-corrected chi connectivity index (χ1v) is 9.64. The maximum Gasteiger partial charge on any atom is 0.416 e. The lowest BCUT2D eigenvalue weighted by Gasteiger charge is -2.34. The second-order valence-electron chi connectivity index (χ2n) is 6.81. The maximum atomic E-state index is 13.2. The molecule has 3 rings (SSSR count). The highest BCUT2D eigenvalue weighted by atomic mass is 35.5. The summed E-state index contributed by atoms with van der Waals surface area (Å²) in [7, 11) is 0. The van der Waals surface area contributed by atoms with Gasteiger partial charge in [0.15, 0.2) is 0 Å². The first-order chi connectivity index (χ1) is 14.1. The number of esters is 1. The fourth-order valence-corrected chi connectivity index (χ4v) is 3.69. The Labute approximate surface area is 176 Å². The predicted molar refractivity (Wildman–Crippen MR) is 107 cm³/mol. The highest BCUT2D eigenvalue weighted by molar-refractivity contribution is 6.30. The van der Waals surface area contributed by atoms with Crippen LogP contribution in [0, 0.1) is 0 Å². The van der Waals surface area contributed by atoms with Gasteiger partial charge in [-0.05, 0) is 49.7 Å². The van der Waals surface area contributed by atoms with Crippen molar-refractivity contribution < 1.29 is 27.5 Å². The van der Waals surface area contributed by atoms with E-state index in [2.05, 4.69) is 0 Å². The van der Waals surface area contributed by atoms with Crippen LogP contribution in [0.25, 0.3) is 0 Å². The zero-order chi connectivity index (χ0) is 22.1. The van der Waals surface area contributed by atoms with E-state index in [9.17, 15) is 22.8 Å². The normalized spacial score (nSPS) is 17.3. The van der Waals surface area contributed by atoms with Gasteiger partial charge in [-0.1, -0.05) is 29.8 Å². The molecule has 0 saturated carbocycles. The van der Waals surface area contributed by atoms with Crippen molar-refractivity contribution in [2.45, 2.75) is 32.4 Å². The maximum absolute atomic E-state index is 13.2. The van der Waals surface area contributed by atoms with Crippen molar-refractivity contribution >= 4 is 29.2 Å². The fourth-order valence-electron chi connectivity index (χ4n) is 3.57. The second-order valence-corrected chi connectivity index (χ2v) is 7.24.